The average Bonchev–Trinajstić information content (AvgIpc) is 2.84. The Morgan fingerprint density at radius 1 is 1.40 bits per heavy atom. The molecule has 1 aromatic heterocycles. The first-order valence-electron chi connectivity index (χ1n) is 6.50. The molecule has 2 aromatic rings. The van der Waals surface area contributed by atoms with Gasteiger partial charge in [0.05, 0.1) is 10.6 Å². The van der Waals surface area contributed by atoms with Gasteiger partial charge in [0.2, 0.25) is 0 Å². The third-order valence-electron chi connectivity index (χ3n) is 2.91. The second-order valence-electron chi connectivity index (χ2n) is 5.04. The summed E-state index contributed by atoms with van der Waals surface area (Å²) in [4.78, 5) is 10.7. The monoisotopic (exact) mass is 274 g/mol. The summed E-state index contributed by atoms with van der Waals surface area (Å²) in [5.41, 5.74) is 2.26. The summed E-state index contributed by atoms with van der Waals surface area (Å²) in [7, 11) is 0. The summed E-state index contributed by atoms with van der Waals surface area (Å²) in [5.74, 6) is 0. The van der Waals surface area contributed by atoms with Gasteiger partial charge in [0, 0.05) is 24.8 Å². The van der Waals surface area contributed by atoms with E-state index in [9.17, 15) is 10.1 Å². The average molecular weight is 274 g/mol. The first kappa shape index (κ1) is 14.2. The van der Waals surface area contributed by atoms with Gasteiger partial charge in [-0.1, -0.05) is 19.9 Å². The minimum atomic E-state index is -0.379. The van der Waals surface area contributed by atoms with Crippen LogP contribution in [0.5, 0.6) is 0 Å². The van der Waals surface area contributed by atoms with Gasteiger partial charge in [0.15, 0.2) is 0 Å². The van der Waals surface area contributed by atoms with E-state index in [0.717, 1.165) is 11.3 Å². The van der Waals surface area contributed by atoms with Crippen LogP contribution in [0.3, 0.4) is 0 Å². The smallest absolute Gasteiger partial charge is 0.295 e. The van der Waals surface area contributed by atoms with Crippen molar-refractivity contribution in [2.24, 2.45) is 0 Å². The minimum Gasteiger partial charge on any atom is -0.309 e. The highest BCUT2D eigenvalue weighted by molar-refractivity contribution is 5.53. The molecule has 0 fully saturated rings. The Bertz CT molecular complexity index is 619. The number of nitro groups is 1. The Morgan fingerprint density at radius 2 is 2.15 bits per heavy atom. The van der Waals surface area contributed by atoms with E-state index >= 15 is 0 Å². The van der Waals surface area contributed by atoms with E-state index in [1.165, 1.54) is 0 Å². The zero-order valence-corrected chi connectivity index (χ0v) is 11.8. The first-order chi connectivity index (χ1) is 9.47. The summed E-state index contributed by atoms with van der Waals surface area (Å²) < 4.78 is 1.55. The lowest BCUT2D eigenvalue weighted by Crippen LogP contribution is -2.22. The zero-order chi connectivity index (χ0) is 14.7. The minimum absolute atomic E-state index is 0.0662. The van der Waals surface area contributed by atoms with E-state index in [4.69, 9.17) is 0 Å². The van der Waals surface area contributed by atoms with Crippen LogP contribution in [0.25, 0.3) is 5.69 Å². The Hall–Kier alpha value is -2.21. The van der Waals surface area contributed by atoms with Crippen molar-refractivity contribution in [1.29, 1.82) is 0 Å². The van der Waals surface area contributed by atoms with E-state index in [2.05, 4.69) is 24.3 Å². The lowest BCUT2D eigenvalue weighted by Gasteiger charge is -2.06. The molecule has 1 N–H and O–H groups in total. The summed E-state index contributed by atoms with van der Waals surface area (Å²) in [6, 6.07) is 7.35. The molecule has 1 aromatic carbocycles. The van der Waals surface area contributed by atoms with Crippen molar-refractivity contribution in [2.45, 2.75) is 33.4 Å². The molecule has 6 heteroatoms. The molecule has 0 radical (unpaired) electrons. The molecule has 0 saturated heterocycles. The lowest BCUT2D eigenvalue weighted by atomic mass is 10.2. The molecule has 0 saturated carbocycles. The number of benzene rings is 1. The van der Waals surface area contributed by atoms with Gasteiger partial charge in [-0.05, 0) is 24.6 Å². The predicted octanol–water partition coefficient (Wildman–Crippen LogP) is 2.59. The molecule has 0 unspecified atom stereocenters. The van der Waals surface area contributed by atoms with Crippen molar-refractivity contribution in [2.75, 3.05) is 0 Å². The molecule has 0 aliphatic heterocycles. The quantitative estimate of drug-likeness (QED) is 0.672. The SMILES string of the molecule is Cc1ccc(-n2ccc(CNC(C)C)n2)c([N+](=O)[O-])c1. The van der Waals surface area contributed by atoms with Crippen LogP contribution in [0.15, 0.2) is 30.5 Å². The van der Waals surface area contributed by atoms with E-state index in [1.54, 1.807) is 23.0 Å². The van der Waals surface area contributed by atoms with E-state index in [-0.39, 0.29) is 10.6 Å². The normalized spacial score (nSPS) is 11.0. The molecule has 1 heterocycles. The first-order valence-corrected chi connectivity index (χ1v) is 6.50. The fourth-order valence-electron chi connectivity index (χ4n) is 1.87. The molecular formula is C14H18N4O2. The molecular weight excluding hydrogens is 256 g/mol. The van der Waals surface area contributed by atoms with Gasteiger partial charge in [-0.3, -0.25) is 10.1 Å². The number of hydrogen-bond acceptors (Lipinski definition) is 4. The second-order valence-corrected chi connectivity index (χ2v) is 5.04. The molecule has 0 spiro atoms. The Labute approximate surface area is 117 Å². The summed E-state index contributed by atoms with van der Waals surface area (Å²) in [5, 5.41) is 18.8. The standard InChI is InChI=1S/C14H18N4O2/c1-10(2)15-9-12-6-7-17(16-12)13-5-4-11(3)8-14(13)18(19)20/h4-8,10,15H,9H2,1-3H3. The van der Waals surface area contributed by atoms with Crippen molar-refractivity contribution >= 4 is 5.69 Å². The van der Waals surface area contributed by atoms with E-state index in [0.29, 0.717) is 18.3 Å². The third kappa shape index (κ3) is 3.21. The van der Waals surface area contributed by atoms with Gasteiger partial charge in [0.25, 0.3) is 5.69 Å². The number of nitro benzene ring substituents is 1. The van der Waals surface area contributed by atoms with Crippen LogP contribution in [-0.2, 0) is 6.54 Å². The second kappa shape index (κ2) is 5.83. The van der Waals surface area contributed by atoms with Gasteiger partial charge in [-0.2, -0.15) is 5.10 Å². The maximum Gasteiger partial charge on any atom is 0.295 e. The maximum absolute atomic E-state index is 11.1. The predicted molar refractivity (Wildman–Crippen MR) is 76.9 cm³/mol. The molecule has 20 heavy (non-hydrogen) atoms. The molecule has 0 aliphatic rings. The number of nitrogens with zero attached hydrogens (tertiary/aromatic N) is 3. The van der Waals surface area contributed by atoms with Crippen molar-refractivity contribution in [3.05, 3.63) is 51.8 Å². The van der Waals surface area contributed by atoms with Crippen molar-refractivity contribution in [1.82, 2.24) is 15.1 Å². The number of hydrogen-bond donors (Lipinski definition) is 1. The highest BCUT2D eigenvalue weighted by Crippen LogP contribution is 2.23. The maximum atomic E-state index is 11.1. The van der Waals surface area contributed by atoms with Crippen molar-refractivity contribution in [3.8, 4) is 5.69 Å². The molecule has 0 amide bonds. The summed E-state index contributed by atoms with van der Waals surface area (Å²) >= 11 is 0. The largest absolute Gasteiger partial charge is 0.309 e. The highest BCUT2D eigenvalue weighted by atomic mass is 16.6. The van der Waals surface area contributed by atoms with Gasteiger partial charge in [-0.25, -0.2) is 4.68 Å². The molecule has 2 rings (SSSR count). The fraction of sp³-hybridized carbons (Fsp3) is 0.357. The third-order valence-corrected chi connectivity index (χ3v) is 2.91. The zero-order valence-electron chi connectivity index (χ0n) is 11.8. The Balaban J connectivity index is 2.30. The van der Waals surface area contributed by atoms with Gasteiger partial charge in [0.1, 0.15) is 5.69 Å². The summed E-state index contributed by atoms with van der Waals surface area (Å²) in [6.07, 6.45) is 1.75. The highest BCUT2D eigenvalue weighted by Gasteiger charge is 2.16. The Morgan fingerprint density at radius 3 is 2.80 bits per heavy atom. The van der Waals surface area contributed by atoms with Crippen LogP contribution >= 0.6 is 0 Å². The van der Waals surface area contributed by atoms with E-state index in [1.807, 2.05) is 19.1 Å². The van der Waals surface area contributed by atoms with Crippen LogP contribution in [0.2, 0.25) is 0 Å². The molecule has 106 valence electrons. The van der Waals surface area contributed by atoms with Crippen molar-refractivity contribution < 1.29 is 4.92 Å². The van der Waals surface area contributed by atoms with Crippen LogP contribution in [0, 0.1) is 17.0 Å². The molecule has 0 aliphatic carbocycles. The number of aromatic nitrogens is 2. The van der Waals surface area contributed by atoms with Crippen molar-refractivity contribution in [3.63, 3.8) is 0 Å². The van der Waals surface area contributed by atoms with Gasteiger partial charge < -0.3 is 5.32 Å². The van der Waals surface area contributed by atoms with E-state index < -0.39 is 0 Å². The van der Waals surface area contributed by atoms with Crippen LogP contribution in [0.4, 0.5) is 5.69 Å². The summed E-state index contributed by atoms with van der Waals surface area (Å²) in [6.45, 7) is 6.59. The van der Waals surface area contributed by atoms with Gasteiger partial charge in [-0.15, -0.1) is 0 Å². The fourth-order valence-corrected chi connectivity index (χ4v) is 1.87. The topological polar surface area (TPSA) is 73.0 Å². The molecule has 0 atom stereocenters. The number of aryl methyl sites for hydroxylation is 1. The van der Waals surface area contributed by atoms with Gasteiger partial charge >= 0.3 is 0 Å². The lowest BCUT2D eigenvalue weighted by molar-refractivity contribution is -0.384. The number of nitrogens with one attached hydrogen (secondary N) is 1. The Kier molecular flexibility index (Phi) is 4.14. The van der Waals surface area contributed by atoms with Crippen LogP contribution < -0.4 is 5.32 Å². The van der Waals surface area contributed by atoms with Crippen LogP contribution in [0.1, 0.15) is 25.1 Å². The molecule has 0 bridgehead atoms. The number of rotatable bonds is 5. The molecule has 6 nitrogen and oxygen atoms in total. The van der Waals surface area contributed by atoms with Crippen LogP contribution in [-0.4, -0.2) is 20.7 Å².